The zero-order chi connectivity index (χ0) is 19.6. The van der Waals surface area contributed by atoms with Crippen LogP contribution in [0.1, 0.15) is 17.2 Å². The summed E-state index contributed by atoms with van der Waals surface area (Å²) < 4.78 is 21.3. The van der Waals surface area contributed by atoms with E-state index in [9.17, 15) is 4.79 Å². The summed E-state index contributed by atoms with van der Waals surface area (Å²) in [7, 11) is 6.32. The van der Waals surface area contributed by atoms with Gasteiger partial charge in [0.15, 0.2) is 11.5 Å². The molecule has 1 fully saturated rings. The summed E-state index contributed by atoms with van der Waals surface area (Å²) in [5, 5.41) is 0. The molecule has 6 heteroatoms. The number of rotatable bonds is 7. The van der Waals surface area contributed by atoms with Gasteiger partial charge in [0.1, 0.15) is 5.75 Å². The van der Waals surface area contributed by atoms with E-state index in [1.165, 1.54) is 0 Å². The van der Waals surface area contributed by atoms with E-state index in [1.807, 2.05) is 36.4 Å². The highest BCUT2D eigenvalue weighted by Gasteiger charge is 2.41. The Morgan fingerprint density at radius 1 is 0.926 bits per heavy atom. The second-order valence-corrected chi connectivity index (χ2v) is 6.17. The zero-order valence-electron chi connectivity index (χ0n) is 15.9. The summed E-state index contributed by atoms with van der Waals surface area (Å²) in [4.78, 5) is 14.2. The summed E-state index contributed by atoms with van der Waals surface area (Å²) in [5.74, 6) is 2.34. The first-order chi connectivity index (χ1) is 13.0. The van der Waals surface area contributed by atoms with Crippen LogP contribution in [0.4, 0.5) is 0 Å². The third-order valence-corrected chi connectivity index (χ3v) is 4.69. The fourth-order valence-electron chi connectivity index (χ4n) is 3.29. The van der Waals surface area contributed by atoms with Gasteiger partial charge in [-0.25, -0.2) is 0 Å². The highest BCUT2D eigenvalue weighted by Crippen LogP contribution is 2.43. The molecule has 0 spiro atoms. The van der Waals surface area contributed by atoms with Gasteiger partial charge in [-0.15, -0.1) is 0 Å². The lowest BCUT2D eigenvalue weighted by Crippen LogP contribution is -2.47. The molecule has 1 atom stereocenters. The second-order valence-electron chi connectivity index (χ2n) is 6.17. The molecule has 1 amide bonds. The molecule has 0 aromatic heterocycles. The molecule has 1 aliphatic heterocycles. The quantitative estimate of drug-likeness (QED) is 0.553. The van der Waals surface area contributed by atoms with E-state index in [0.717, 1.165) is 16.9 Å². The molecule has 142 valence electrons. The van der Waals surface area contributed by atoms with Gasteiger partial charge >= 0.3 is 0 Å². The van der Waals surface area contributed by atoms with E-state index in [-0.39, 0.29) is 11.9 Å². The van der Waals surface area contributed by atoms with Crippen molar-refractivity contribution in [3.8, 4) is 23.0 Å². The molecule has 1 saturated heterocycles. The van der Waals surface area contributed by atoms with Gasteiger partial charge in [0.25, 0.3) is 5.91 Å². The van der Waals surface area contributed by atoms with Crippen molar-refractivity contribution in [2.75, 3.05) is 28.4 Å². The first-order valence-electron chi connectivity index (χ1n) is 8.46. The van der Waals surface area contributed by atoms with Gasteiger partial charge in [0.2, 0.25) is 5.75 Å². The number of hydrogen-bond donors (Lipinski definition) is 0. The van der Waals surface area contributed by atoms with Gasteiger partial charge in [-0.3, -0.25) is 4.79 Å². The molecule has 1 heterocycles. The van der Waals surface area contributed by atoms with E-state index < -0.39 is 0 Å². The van der Waals surface area contributed by atoms with Gasteiger partial charge in [-0.1, -0.05) is 18.7 Å². The standard InChI is InChI=1S/C21H23NO5/c1-13-19(15-6-8-16(24-2)9-7-15)22(21(13)23)12-14-10-17(25-3)20(27-5)18(11-14)26-4/h6-11,19H,1,12H2,2-5H3. The number of methoxy groups -OCH3 is 4. The summed E-state index contributed by atoms with van der Waals surface area (Å²) in [6.45, 7) is 4.34. The number of benzene rings is 2. The number of hydrogen-bond acceptors (Lipinski definition) is 5. The SMILES string of the molecule is C=C1C(=O)N(Cc2cc(OC)c(OC)c(OC)c2)C1c1ccc(OC)cc1. The van der Waals surface area contributed by atoms with E-state index in [1.54, 1.807) is 33.3 Å². The Balaban J connectivity index is 1.89. The lowest BCUT2D eigenvalue weighted by atomic mass is 9.88. The largest absolute Gasteiger partial charge is 0.497 e. The highest BCUT2D eigenvalue weighted by atomic mass is 16.5. The molecular formula is C21H23NO5. The Bertz CT molecular complexity index is 834. The second kappa shape index (κ2) is 7.61. The predicted octanol–water partition coefficient (Wildman–Crippen LogP) is 3.36. The van der Waals surface area contributed by atoms with E-state index >= 15 is 0 Å². The molecule has 0 bridgehead atoms. The summed E-state index contributed by atoms with van der Waals surface area (Å²) in [5.41, 5.74) is 2.45. The number of amides is 1. The Kier molecular flexibility index (Phi) is 5.26. The first kappa shape index (κ1) is 18.6. The van der Waals surface area contributed by atoms with Crippen LogP contribution in [0.3, 0.4) is 0 Å². The fourth-order valence-corrected chi connectivity index (χ4v) is 3.29. The van der Waals surface area contributed by atoms with Gasteiger partial charge < -0.3 is 23.8 Å². The van der Waals surface area contributed by atoms with E-state index in [4.69, 9.17) is 18.9 Å². The minimum atomic E-state index is -0.164. The maximum absolute atomic E-state index is 12.4. The predicted molar refractivity (Wildman–Crippen MR) is 102 cm³/mol. The number of ether oxygens (including phenoxy) is 4. The van der Waals surface area contributed by atoms with E-state index in [2.05, 4.69) is 6.58 Å². The van der Waals surface area contributed by atoms with Crippen molar-refractivity contribution in [3.05, 3.63) is 59.7 Å². The third kappa shape index (κ3) is 3.30. The van der Waals surface area contributed by atoms with Crippen LogP contribution in [-0.4, -0.2) is 39.2 Å². The molecule has 2 aromatic carbocycles. The van der Waals surface area contributed by atoms with Crippen molar-refractivity contribution in [3.63, 3.8) is 0 Å². The minimum absolute atomic E-state index is 0.0652. The van der Waals surface area contributed by atoms with Crippen LogP contribution in [0, 0.1) is 0 Å². The Morgan fingerprint density at radius 3 is 2.00 bits per heavy atom. The summed E-state index contributed by atoms with van der Waals surface area (Å²) >= 11 is 0. The number of likely N-dealkylation sites (tertiary alicyclic amines) is 1. The molecule has 1 unspecified atom stereocenters. The maximum Gasteiger partial charge on any atom is 0.252 e. The van der Waals surface area contributed by atoms with E-state index in [0.29, 0.717) is 29.4 Å². The van der Waals surface area contributed by atoms with Gasteiger partial charge in [0, 0.05) is 12.1 Å². The molecule has 0 aliphatic carbocycles. The molecule has 6 nitrogen and oxygen atoms in total. The van der Waals surface area contributed by atoms with Crippen LogP contribution in [0.15, 0.2) is 48.6 Å². The van der Waals surface area contributed by atoms with Crippen LogP contribution >= 0.6 is 0 Å². The number of carbonyl (C=O) groups excluding carboxylic acids is 1. The molecule has 1 aliphatic rings. The molecule has 27 heavy (non-hydrogen) atoms. The summed E-state index contributed by atoms with van der Waals surface area (Å²) in [6.07, 6.45) is 0. The molecular weight excluding hydrogens is 346 g/mol. The van der Waals surface area contributed by atoms with Crippen molar-refractivity contribution >= 4 is 5.91 Å². The first-order valence-corrected chi connectivity index (χ1v) is 8.46. The topological polar surface area (TPSA) is 57.2 Å². The van der Waals surface area contributed by atoms with Crippen LogP contribution in [-0.2, 0) is 11.3 Å². The molecule has 0 radical (unpaired) electrons. The minimum Gasteiger partial charge on any atom is -0.497 e. The van der Waals surface area contributed by atoms with Crippen molar-refractivity contribution in [1.29, 1.82) is 0 Å². The highest BCUT2D eigenvalue weighted by molar-refractivity contribution is 6.01. The Morgan fingerprint density at radius 2 is 1.52 bits per heavy atom. The third-order valence-electron chi connectivity index (χ3n) is 4.69. The number of carbonyl (C=O) groups is 1. The van der Waals surface area contributed by atoms with Crippen LogP contribution in [0.2, 0.25) is 0 Å². The smallest absolute Gasteiger partial charge is 0.252 e. The normalized spacial score (nSPS) is 16.0. The fraction of sp³-hybridized carbons (Fsp3) is 0.286. The van der Waals surface area contributed by atoms with Crippen LogP contribution in [0.25, 0.3) is 0 Å². The Hall–Kier alpha value is -3.15. The van der Waals surface area contributed by atoms with Crippen LogP contribution in [0.5, 0.6) is 23.0 Å². The van der Waals surface area contributed by atoms with Crippen molar-refractivity contribution in [2.24, 2.45) is 0 Å². The average Bonchev–Trinajstić information content (AvgIpc) is 2.72. The lowest BCUT2D eigenvalue weighted by Gasteiger charge is -2.42. The number of nitrogens with zero attached hydrogens (tertiary/aromatic N) is 1. The molecule has 2 aromatic rings. The average molecular weight is 369 g/mol. The zero-order valence-corrected chi connectivity index (χ0v) is 15.9. The molecule has 0 saturated carbocycles. The van der Waals surface area contributed by atoms with Gasteiger partial charge in [-0.05, 0) is 35.4 Å². The number of β-lactam (4-membered cyclic amide) rings is 1. The maximum atomic E-state index is 12.4. The lowest BCUT2D eigenvalue weighted by molar-refractivity contribution is -0.138. The van der Waals surface area contributed by atoms with Gasteiger partial charge in [-0.2, -0.15) is 0 Å². The van der Waals surface area contributed by atoms with Gasteiger partial charge in [0.05, 0.1) is 34.5 Å². The molecule has 0 N–H and O–H groups in total. The van der Waals surface area contributed by atoms with Crippen molar-refractivity contribution < 1.29 is 23.7 Å². The summed E-state index contributed by atoms with van der Waals surface area (Å²) in [6, 6.07) is 11.2. The molecule has 3 rings (SSSR count). The monoisotopic (exact) mass is 369 g/mol. The van der Waals surface area contributed by atoms with Crippen molar-refractivity contribution in [1.82, 2.24) is 4.90 Å². The van der Waals surface area contributed by atoms with Crippen molar-refractivity contribution in [2.45, 2.75) is 12.6 Å². The van der Waals surface area contributed by atoms with Crippen LogP contribution < -0.4 is 18.9 Å². The Labute approximate surface area is 158 Å².